The summed E-state index contributed by atoms with van der Waals surface area (Å²) >= 11 is 3.21. The molecular formula is C13H11N3OS2. The van der Waals surface area contributed by atoms with Gasteiger partial charge in [-0.1, -0.05) is 12.1 Å². The lowest BCUT2D eigenvalue weighted by Crippen LogP contribution is -1.84. The van der Waals surface area contributed by atoms with Gasteiger partial charge in [0.25, 0.3) is 5.89 Å². The molecule has 0 aliphatic rings. The van der Waals surface area contributed by atoms with Crippen molar-refractivity contribution in [3.05, 3.63) is 47.7 Å². The van der Waals surface area contributed by atoms with Crippen LogP contribution in [0.25, 0.3) is 10.8 Å². The maximum Gasteiger partial charge on any atom is 0.257 e. The van der Waals surface area contributed by atoms with Crippen LogP contribution in [0.3, 0.4) is 0 Å². The molecule has 2 aromatic heterocycles. The van der Waals surface area contributed by atoms with Crippen LogP contribution in [0.2, 0.25) is 0 Å². The third-order valence-corrected chi connectivity index (χ3v) is 4.26. The summed E-state index contributed by atoms with van der Waals surface area (Å²) in [5.74, 6) is 1.84. The van der Waals surface area contributed by atoms with Gasteiger partial charge in [-0.2, -0.15) is 0 Å². The van der Waals surface area contributed by atoms with Gasteiger partial charge in [-0.25, -0.2) is 0 Å². The van der Waals surface area contributed by atoms with Crippen molar-refractivity contribution in [1.82, 2.24) is 10.2 Å². The third-order valence-electron chi connectivity index (χ3n) is 2.42. The van der Waals surface area contributed by atoms with Crippen LogP contribution in [-0.2, 0) is 5.75 Å². The third kappa shape index (κ3) is 2.97. The van der Waals surface area contributed by atoms with Crippen LogP contribution in [-0.4, -0.2) is 10.2 Å². The van der Waals surface area contributed by atoms with Crippen LogP contribution >= 0.6 is 23.1 Å². The van der Waals surface area contributed by atoms with Crippen molar-refractivity contribution in [3.8, 4) is 10.8 Å². The van der Waals surface area contributed by atoms with E-state index in [2.05, 4.69) is 10.2 Å². The standard InChI is InChI=1S/C13H11N3OS2/c14-9-3-1-4-10(7-9)19-8-12-15-16-13(17-12)11-5-2-6-18-11/h1-7H,8,14H2. The molecule has 3 aromatic rings. The zero-order valence-electron chi connectivity index (χ0n) is 9.95. The van der Waals surface area contributed by atoms with Crippen LogP contribution in [0.1, 0.15) is 5.89 Å². The normalized spacial score (nSPS) is 10.7. The first kappa shape index (κ1) is 12.3. The van der Waals surface area contributed by atoms with E-state index in [0.29, 0.717) is 17.5 Å². The summed E-state index contributed by atoms with van der Waals surface area (Å²) in [5, 5.41) is 10.1. The van der Waals surface area contributed by atoms with E-state index >= 15 is 0 Å². The van der Waals surface area contributed by atoms with Gasteiger partial charge >= 0.3 is 0 Å². The average molecular weight is 289 g/mol. The molecule has 0 aliphatic heterocycles. The lowest BCUT2D eigenvalue weighted by atomic mass is 10.3. The van der Waals surface area contributed by atoms with Crippen LogP contribution in [0.4, 0.5) is 5.69 Å². The molecule has 4 nitrogen and oxygen atoms in total. The minimum Gasteiger partial charge on any atom is -0.419 e. The van der Waals surface area contributed by atoms with E-state index in [1.165, 1.54) is 0 Å². The highest BCUT2D eigenvalue weighted by Gasteiger charge is 2.09. The second-order valence-corrected chi connectivity index (χ2v) is 5.84. The molecule has 2 N–H and O–H groups in total. The lowest BCUT2D eigenvalue weighted by molar-refractivity contribution is 0.529. The quantitative estimate of drug-likeness (QED) is 0.586. The van der Waals surface area contributed by atoms with Crippen LogP contribution in [0.5, 0.6) is 0 Å². The number of benzene rings is 1. The largest absolute Gasteiger partial charge is 0.419 e. The molecule has 19 heavy (non-hydrogen) atoms. The van der Waals surface area contributed by atoms with Crippen molar-refractivity contribution in [3.63, 3.8) is 0 Å². The van der Waals surface area contributed by atoms with Crippen LogP contribution < -0.4 is 5.73 Å². The number of anilines is 1. The molecule has 0 unspecified atom stereocenters. The molecule has 0 spiro atoms. The van der Waals surface area contributed by atoms with Gasteiger partial charge in [0.05, 0.1) is 10.6 Å². The first-order valence-corrected chi connectivity index (χ1v) is 7.52. The number of aromatic nitrogens is 2. The molecule has 0 amide bonds. The number of thiophene rings is 1. The fourth-order valence-corrected chi connectivity index (χ4v) is 3.01. The SMILES string of the molecule is Nc1cccc(SCc2nnc(-c3cccs3)o2)c1. The van der Waals surface area contributed by atoms with E-state index in [-0.39, 0.29) is 0 Å². The summed E-state index contributed by atoms with van der Waals surface area (Å²) in [6.45, 7) is 0. The van der Waals surface area contributed by atoms with Gasteiger partial charge in [0.15, 0.2) is 0 Å². The minimum absolute atomic E-state index is 0.582. The van der Waals surface area contributed by atoms with Gasteiger partial charge in [-0.15, -0.1) is 33.3 Å². The molecule has 3 rings (SSSR count). The smallest absolute Gasteiger partial charge is 0.257 e. The van der Waals surface area contributed by atoms with Gasteiger partial charge < -0.3 is 10.2 Å². The Hall–Kier alpha value is -1.79. The summed E-state index contributed by atoms with van der Waals surface area (Å²) in [5.41, 5.74) is 6.49. The number of hydrogen-bond acceptors (Lipinski definition) is 6. The van der Waals surface area contributed by atoms with Crippen LogP contribution in [0, 0.1) is 0 Å². The molecule has 2 heterocycles. The van der Waals surface area contributed by atoms with Crippen LogP contribution in [0.15, 0.2) is 51.1 Å². The fourth-order valence-electron chi connectivity index (χ4n) is 1.56. The number of nitrogen functional groups attached to an aromatic ring is 1. The molecule has 0 atom stereocenters. The Labute approximate surface area is 118 Å². The highest BCUT2D eigenvalue weighted by Crippen LogP contribution is 2.27. The molecule has 0 saturated heterocycles. The highest BCUT2D eigenvalue weighted by atomic mass is 32.2. The van der Waals surface area contributed by atoms with E-state index in [0.717, 1.165) is 15.5 Å². The van der Waals surface area contributed by atoms with Crippen molar-refractivity contribution < 1.29 is 4.42 Å². The number of hydrogen-bond donors (Lipinski definition) is 1. The first-order chi connectivity index (χ1) is 9.31. The summed E-state index contributed by atoms with van der Waals surface area (Å²) in [6, 6.07) is 11.7. The van der Waals surface area contributed by atoms with E-state index in [1.54, 1.807) is 23.1 Å². The number of nitrogens with two attached hydrogens (primary N) is 1. The monoisotopic (exact) mass is 289 g/mol. The Kier molecular flexibility index (Phi) is 3.52. The molecule has 1 aromatic carbocycles. The topological polar surface area (TPSA) is 64.9 Å². The van der Waals surface area contributed by atoms with Crippen molar-refractivity contribution in [1.29, 1.82) is 0 Å². The molecular weight excluding hydrogens is 278 g/mol. The summed E-state index contributed by atoms with van der Waals surface area (Å²) in [6.07, 6.45) is 0. The Morgan fingerprint density at radius 2 is 2.16 bits per heavy atom. The second-order valence-electron chi connectivity index (χ2n) is 3.84. The van der Waals surface area contributed by atoms with Gasteiger partial charge in [-0.3, -0.25) is 0 Å². The molecule has 0 saturated carbocycles. The van der Waals surface area contributed by atoms with Crippen molar-refractivity contribution >= 4 is 28.8 Å². The predicted octanol–water partition coefficient (Wildman–Crippen LogP) is 3.67. The predicted molar refractivity (Wildman–Crippen MR) is 78.0 cm³/mol. The highest BCUT2D eigenvalue weighted by molar-refractivity contribution is 7.98. The molecule has 0 aliphatic carbocycles. The molecule has 0 bridgehead atoms. The molecule has 96 valence electrons. The Morgan fingerprint density at radius 1 is 1.21 bits per heavy atom. The van der Waals surface area contributed by atoms with E-state index in [9.17, 15) is 0 Å². The van der Waals surface area contributed by atoms with E-state index in [4.69, 9.17) is 10.2 Å². The minimum atomic E-state index is 0.582. The number of thioether (sulfide) groups is 1. The van der Waals surface area contributed by atoms with Crippen molar-refractivity contribution in [2.24, 2.45) is 0 Å². The maximum atomic E-state index is 5.73. The van der Waals surface area contributed by atoms with E-state index in [1.807, 2.05) is 41.8 Å². The van der Waals surface area contributed by atoms with Gasteiger partial charge in [-0.05, 0) is 29.6 Å². The molecule has 0 fully saturated rings. The molecule has 0 radical (unpaired) electrons. The zero-order chi connectivity index (χ0) is 13.1. The Bertz CT molecular complexity index is 664. The fraction of sp³-hybridized carbons (Fsp3) is 0.0769. The maximum absolute atomic E-state index is 5.73. The average Bonchev–Trinajstić information content (AvgIpc) is 3.07. The summed E-state index contributed by atoms with van der Waals surface area (Å²) < 4.78 is 5.62. The van der Waals surface area contributed by atoms with Gasteiger partial charge in [0.1, 0.15) is 0 Å². The molecule has 6 heteroatoms. The second kappa shape index (κ2) is 5.46. The van der Waals surface area contributed by atoms with Crippen molar-refractivity contribution in [2.75, 3.05) is 5.73 Å². The number of rotatable bonds is 4. The van der Waals surface area contributed by atoms with Gasteiger partial charge in [0.2, 0.25) is 5.89 Å². The number of nitrogens with zero attached hydrogens (tertiary/aromatic N) is 2. The summed E-state index contributed by atoms with van der Waals surface area (Å²) in [4.78, 5) is 2.09. The zero-order valence-corrected chi connectivity index (χ0v) is 11.6. The Morgan fingerprint density at radius 3 is 2.95 bits per heavy atom. The first-order valence-electron chi connectivity index (χ1n) is 5.66. The van der Waals surface area contributed by atoms with Gasteiger partial charge in [0, 0.05) is 10.6 Å². The Balaban J connectivity index is 1.68. The van der Waals surface area contributed by atoms with Crippen molar-refractivity contribution in [2.45, 2.75) is 10.6 Å². The van der Waals surface area contributed by atoms with E-state index < -0.39 is 0 Å². The lowest BCUT2D eigenvalue weighted by Gasteiger charge is -1.99. The summed E-state index contributed by atoms with van der Waals surface area (Å²) in [7, 11) is 0.